The lowest BCUT2D eigenvalue weighted by atomic mass is 9.50. The summed E-state index contributed by atoms with van der Waals surface area (Å²) in [6, 6.07) is 0.155. The summed E-state index contributed by atoms with van der Waals surface area (Å²) in [5.74, 6) is 2.18. The van der Waals surface area contributed by atoms with Gasteiger partial charge in [0.05, 0.1) is 22.7 Å². The van der Waals surface area contributed by atoms with Crippen LogP contribution < -0.4 is 16.4 Å². The van der Waals surface area contributed by atoms with Gasteiger partial charge in [0.1, 0.15) is 11.4 Å². The molecular formula is C35H62N8. The van der Waals surface area contributed by atoms with E-state index in [-0.39, 0.29) is 39.2 Å². The summed E-state index contributed by atoms with van der Waals surface area (Å²) in [7, 11) is 0. The van der Waals surface area contributed by atoms with Gasteiger partial charge in [-0.1, -0.05) is 40.0 Å². The fourth-order valence-electron chi connectivity index (χ4n) is 10.4. The minimum atomic E-state index is -0.948. The van der Waals surface area contributed by atoms with Crippen molar-refractivity contribution in [3.63, 3.8) is 0 Å². The van der Waals surface area contributed by atoms with Crippen LogP contribution in [0.1, 0.15) is 153 Å². The van der Waals surface area contributed by atoms with Crippen LogP contribution in [0.25, 0.3) is 0 Å². The van der Waals surface area contributed by atoms with Crippen LogP contribution in [-0.4, -0.2) is 65.8 Å². The van der Waals surface area contributed by atoms with E-state index in [2.05, 4.69) is 106 Å². The van der Waals surface area contributed by atoms with Crippen LogP contribution in [0.4, 0.5) is 5.95 Å². The summed E-state index contributed by atoms with van der Waals surface area (Å²) in [6.07, 6.45) is 8.52. The topological polar surface area (TPSA) is 104 Å². The van der Waals surface area contributed by atoms with E-state index in [0.29, 0.717) is 11.8 Å². The SMILES string of the molecule is CC(C)(C)CC(C)(C)Nc1nc2nc(n1)C13CCCCCCN(C(C)(C)C(=NC4CC(C)(C)NC(C)(C)C4)C21N)C3(C)C. The molecule has 0 radical (unpaired) electrons. The molecule has 4 bridgehead atoms. The molecule has 5 rings (SSSR count). The molecule has 0 amide bonds. The monoisotopic (exact) mass is 595 g/mol. The molecule has 3 saturated heterocycles. The van der Waals surface area contributed by atoms with Crippen LogP contribution in [0.3, 0.4) is 0 Å². The first kappa shape index (κ1) is 32.7. The van der Waals surface area contributed by atoms with Crippen molar-refractivity contribution in [2.45, 2.75) is 186 Å². The molecule has 43 heavy (non-hydrogen) atoms. The molecule has 242 valence electrons. The lowest BCUT2D eigenvalue weighted by Crippen LogP contribution is -2.82. The summed E-state index contributed by atoms with van der Waals surface area (Å²) in [5.41, 5.74) is 6.84. The Morgan fingerprint density at radius 3 is 2.05 bits per heavy atom. The van der Waals surface area contributed by atoms with E-state index in [9.17, 15) is 0 Å². The first-order chi connectivity index (χ1) is 19.5. The molecule has 4 N–H and O–H groups in total. The van der Waals surface area contributed by atoms with Crippen molar-refractivity contribution >= 4 is 11.7 Å². The lowest BCUT2D eigenvalue weighted by molar-refractivity contribution is -0.0598. The number of nitrogens with two attached hydrogens (primary N) is 1. The third-order valence-electron chi connectivity index (χ3n) is 11.0. The highest BCUT2D eigenvalue weighted by Gasteiger charge is 2.75. The van der Waals surface area contributed by atoms with Crippen molar-refractivity contribution in [3.8, 4) is 0 Å². The number of nitrogens with one attached hydrogen (secondary N) is 2. The Morgan fingerprint density at radius 1 is 0.860 bits per heavy atom. The third kappa shape index (κ3) is 5.35. The van der Waals surface area contributed by atoms with Gasteiger partial charge in [0.15, 0.2) is 5.82 Å². The average molecular weight is 595 g/mol. The lowest BCUT2D eigenvalue weighted by Gasteiger charge is -2.66. The van der Waals surface area contributed by atoms with Gasteiger partial charge in [0, 0.05) is 22.2 Å². The Labute approximate surface area is 262 Å². The van der Waals surface area contributed by atoms with E-state index >= 15 is 0 Å². The molecular weight excluding hydrogens is 532 g/mol. The molecule has 3 fully saturated rings. The number of hydrogen-bond donors (Lipinski definition) is 3. The fraction of sp³-hybridized carbons (Fsp3) is 0.886. The molecule has 0 saturated carbocycles. The van der Waals surface area contributed by atoms with Gasteiger partial charge in [-0.25, -0.2) is 4.98 Å². The maximum absolute atomic E-state index is 8.02. The van der Waals surface area contributed by atoms with E-state index in [4.69, 9.17) is 25.7 Å². The first-order valence-corrected chi connectivity index (χ1v) is 17.0. The highest BCUT2D eigenvalue weighted by molar-refractivity contribution is 6.04. The minimum Gasteiger partial charge on any atom is -0.349 e. The Hall–Kier alpha value is -1.64. The first-order valence-electron chi connectivity index (χ1n) is 17.0. The molecule has 4 aliphatic heterocycles. The number of fused-ring (bicyclic) bond motifs is 4. The van der Waals surface area contributed by atoms with Gasteiger partial charge >= 0.3 is 0 Å². The van der Waals surface area contributed by atoms with Crippen LogP contribution >= 0.6 is 0 Å². The molecule has 1 aromatic heterocycles. The summed E-state index contributed by atoms with van der Waals surface area (Å²) in [6.45, 7) is 31.0. The Kier molecular flexibility index (Phi) is 7.56. The standard InChI is InChI=1S/C35H62N8/c1-28(2,3)22-31(8,9)41-27-39-25-34-18-16-14-15-17-19-43(33(34,12)13)32(10,11)24(35(34,36)26(38-25)40-27)37-23-20-29(4,5)42-30(6,7)21-23/h23,42H,14-22,36H2,1-13H3,(H,38,39,40,41). The van der Waals surface area contributed by atoms with Crippen molar-refractivity contribution in [3.05, 3.63) is 11.6 Å². The molecule has 1 aromatic rings. The number of aliphatic imine (C=N–C) groups is 1. The second kappa shape index (κ2) is 9.93. The van der Waals surface area contributed by atoms with Gasteiger partial charge in [-0.15, -0.1) is 0 Å². The normalized spacial score (nSPS) is 34.2. The maximum Gasteiger partial charge on any atom is 0.226 e. The van der Waals surface area contributed by atoms with Crippen LogP contribution in [0.2, 0.25) is 0 Å². The zero-order valence-corrected chi connectivity index (χ0v) is 29.8. The van der Waals surface area contributed by atoms with Gasteiger partial charge in [-0.05, 0) is 113 Å². The van der Waals surface area contributed by atoms with Gasteiger partial charge in [-0.2, -0.15) is 9.97 Å². The van der Waals surface area contributed by atoms with Crippen LogP contribution in [0, 0.1) is 5.41 Å². The molecule has 3 unspecified atom stereocenters. The highest BCUT2D eigenvalue weighted by Crippen LogP contribution is 2.62. The number of piperidine rings is 2. The van der Waals surface area contributed by atoms with Gasteiger partial charge < -0.3 is 16.4 Å². The van der Waals surface area contributed by atoms with Gasteiger partial charge in [0.2, 0.25) is 5.95 Å². The van der Waals surface area contributed by atoms with Gasteiger partial charge in [-0.3, -0.25) is 9.89 Å². The van der Waals surface area contributed by atoms with Crippen LogP contribution in [0.15, 0.2) is 4.99 Å². The molecule has 3 atom stereocenters. The van der Waals surface area contributed by atoms with Crippen molar-refractivity contribution in [2.75, 3.05) is 11.9 Å². The predicted octanol–water partition coefficient (Wildman–Crippen LogP) is 6.49. The zero-order chi connectivity index (χ0) is 32.1. The molecule has 8 nitrogen and oxygen atoms in total. The molecule has 8 heteroatoms. The average Bonchev–Trinajstić information content (AvgIpc) is 2.98. The summed E-state index contributed by atoms with van der Waals surface area (Å²) < 4.78 is 0. The fourth-order valence-corrected chi connectivity index (χ4v) is 10.4. The smallest absolute Gasteiger partial charge is 0.226 e. The van der Waals surface area contributed by atoms with E-state index in [1.54, 1.807) is 0 Å². The summed E-state index contributed by atoms with van der Waals surface area (Å²) >= 11 is 0. The summed E-state index contributed by atoms with van der Waals surface area (Å²) in [5, 5.41) is 7.57. The van der Waals surface area contributed by atoms with Crippen LogP contribution in [0.5, 0.6) is 0 Å². The number of anilines is 1. The summed E-state index contributed by atoms with van der Waals surface area (Å²) in [4.78, 5) is 24.2. The highest BCUT2D eigenvalue weighted by atomic mass is 15.4. The van der Waals surface area contributed by atoms with Gasteiger partial charge in [0.25, 0.3) is 0 Å². The number of aromatic nitrogens is 3. The van der Waals surface area contributed by atoms with Crippen molar-refractivity contribution in [1.29, 1.82) is 0 Å². The predicted molar refractivity (Wildman–Crippen MR) is 179 cm³/mol. The second-order valence-electron chi connectivity index (χ2n) is 18.6. The van der Waals surface area contributed by atoms with E-state index in [1.165, 1.54) is 19.3 Å². The number of hydrogen-bond acceptors (Lipinski definition) is 8. The van der Waals surface area contributed by atoms with E-state index < -0.39 is 11.0 Å². The van der Waals surface area contributed by atoms with Crippen molar-refractivity contribution in [2.24, 2.45) is 16.1 Å². The largest absolute Gasteiger partial charge is 0.349 e. The minimum absolute atomic E-state index is 0.0168. The molecule has 0 aliphatic carbocycles. The Morgan fingerprint density at radius 2 is 1.44 bits per heavy atom. The molecule has 5 heterocycles. The zero-order valence-electron chi connectivity index (χ0n) is 29.8. The Bertz CT molecular complexity index is 1250. The van der Waals surface area contributed by atoms with Crippen molar-refractivity contribution in [1.82, 2.24) is 25.2 Å². The third-order valence-corrected chi connectivity index (χ3v) is 11.0. The van der Waals surface area contributed by atoms with Crippen LogP contribution in [-0.2, 0) is 11.0 Å². The molecule has 4 aliphatic rings. The number of rotatable bonds is 4. The van der Waals surface area contributed by atoms with E-state index in [1.807, 2.05) is 0 Å². The maximum atomic E-state index is 8.02. The second-order valence-corrected chi connectivity index (χ2v) is 18.6. The Balaban J connectivity index is 1.74. The van der Waals surface area contributed by atoms with Crippen molar-refractivity contribution < 1.29 is 0 Å². The van der Waals surface area contributed by atoms with E-state index in [0.717, 1.165) is 50.2 Å². The number of nitrogens with zero attached hydrogens (tertiary/aromatic N) is 5. The molecule has 1 spiro atoms. The molecule has 0 aromatic carbocycles. The quantitative estimate of drug-likeness (QED) is 0.366.